The molecule has 0 aliphatic heterocycles. The molecule has 1 heterocycles. The molecule has 0 bridgehead atoms. The molecule has 92 valence electrons. The summed E-state index contributed by atoms with van der Waals surface area (Å²) in [5.41, 5.74) is 1.71. The fourth-order valence-corrected chi connectivity index (χ4v) is 1.77. The summed E-state index contributed by atoms with van der Waals surface area (Å²) in [6.07, 6.45) is 5.13. The molecule has 0 aromatic carbocycles. The summed E-state index contributed by atoms with van der Waals surface area (Å²) in [5, 5.41) is 0. The Morgan fingerprint density at radius 1 is 1.25 bits per heavy atom. The van der Waals surface area contributed by atoms with Crippen LogP contribution < -0.4 is 0 Å². The highest BCUT2D eigenvalue weighted by Crippen LogP contribution is 2.22. The average Bonchev–Trinajstić information content (AvgIpc) is 2.48. The molecule has 3 heteroatoms. The van der Waals surface area contributed by atoms with E-state index in [1.807, 2.05) is 6.33 Å². The first kappa shape index (κ1) is 13.6. The molecular weight excluding hydrogens is 216 g/mol. The van der Waals surface area contributed by atoms with Gasteiger partial charge in [-0.3, -0.25) is 0 Å². The molecule has 16 heavy (non-hydrogen) atoms. The van der Waals surface area contributed by atoms with Crippen molar-refractivity contribution in [2.75, 3.05) is 5.75 Å². The molecule has 2 nitrogen and oxygen atoms in total. The number of hydrogen-bond donors (Lipinski definition) is 1. The minimum atomic E-state index is 0.225. The molecule has 0 fully saturated rings. The summed E-state index contributed by atoms with van der Waals surface area (Å²) in [7, 11) is 0. The number of rotatable bonds is 4. The van der Waals surface area contributed by atoms with Crippen molar-refractivity contribution in [1.82, 2.24) is 9.55 Å². The predicted molar refractivity (Wildman–Crippen MR) is 73.0 cm³/mol. The molecule has 0 unspecified atom stereocenters. The van der Waals surface area contributed by atoms with Crippen LogP contribution in [-0.2, 0) is 13.0 Å². The first-order chi connectivity index (χ1) is 7.22. The van der Waals surface area contributed by atoms with Gasteiger partial charge in [-0.1, -0.05) is 34.6 Å². The first-order valence-corrected chi connectivity index (χ1v) is 6.47. The number of hydrogen-bond acceptors (Lipinski definition) is 2. The fourth-order valence-electron chi connectivity index (χ4n) is 1.67. The molecule has 1 rings (SSSR count). The summed E-state index contributed by atoms with van der Waals surface area (Å²) in [4.78, 5) is 4.46. The molecule has 0 aliphatic rings. The maximum absolute atomic E-state index is 4.46. The van der Waals surface area contributed by atoms with Gasteiger partial charge in [0.1, 0.15) is 0 Å². The van der Waals surface area contributed by atoms with Gasteiger partial charge in [0.05, 0.1) is 12.0 Å². The van der Waals surface area contributed by atoms with Crippen LogP contribution in [0.4, 0.5) is 0 Å². The van der Waals surface area contributed by atoms with Crippen LogP contribution in [0.15, 0.2) is 12.5 Å². The lowest BCUT2D eigenvalue weighted by molar-refractivity contribution is 0.352. The van der Waals surface area contributed by atoms with Crippen molar-refractivity contribution >= 4 is 12.6 Å². The van der Waals surface area contributed by atoms with Crippen LogP contribution in [0, 0.1) is 10.8 Å². The predicted octanol–water partition coefficient (Wildman–Crippen LogP) is 3.43. The van der Waals surface area contributed by atoms with E-state index in [0.29, 0.717) is 5.41 Å². The quantitative estimate of drug-likeness (QED) is 0.798. The lowest BCUT2D eigenvalue weighted by Gasteiger charge is -2.22. The van der Waals surface area contributed by atoms with Crippen molar-refractivity contribution in [2.45, 2.75) is 47.6 Å². The van der Waals surface area contributed by atoms with Gasteiger partial charge in [-0.25, -0.2) is 4.98 Å². The van der Waals surface area contributed by atoms with Crippen molar-refractivity contribution in [1.29, 1.82) is 0 Å². The van der Waals surface area contributed by atoms with Crippen molar-refractivity contribution in [3.8, 4) is 0 Å². The Labute approximate surface area is 105 Å². The van der Waals surface area contributed by atoms with E-state index < -0.39 is 0 Å². The highest BCUT2D eigenvalue weighted by atomic mass is 32.1. The first-order valence-electron chi connectivity index (χ1n) is 5.83. The number of imidazole rings is 1. The Balaban J connectivity index is 2.65. The van der Waals surface area contributed by atoms with Crippen molar-refractivity contribution in [2.24, 2.45) is 10.8 Å². The molecule has 0 saturated heterocycles. The van der Waals surface area contributed by atoms with Crippen LogP contribution in [0.2, 0.25) is 0 Å². The summed E-state index contributed by atoms with van der Waals surface area (Å²) in [5.74, 6) is 0.889. The van der Waals surface area contributed by atoms with Gasteiger partial charge in [0.15, 0.2) is 0 Å². The van der Waals surface area contributed by atoms with E-state index in [4.69, 9.17) is 0 Å². The monoisotopic (exact) mass is 240 g/mol. The molecule has 0 spiro atoms. The van der Waals surface area contributed by atoms with Gasteiger partial charge >= 0.3 is 0 Å². The standard InChI is InChI=1S/C13H24N2S/c1-12(2,3)6-11-7-15(10-14-11)8-13(4,5)9-16/h7,10,16H,6,8-9H2,1-5H3. The minimum Gasteiger partial charge on any atom is -0.337 e. The van der Waals surface area contributed by atoms with Gasteiger partial charge in [0, 0.05) is 12.7 Å². The van der Waals surface area contributed by atoms with E-state index >= 15 is 0 Å². The van der Waals surface area contributed by atoms with E-state index in [1.54, 1.807) is 0 Å². The van der Waals surface area contributed by atoms with Crippen molar-refractivity contribution < 1.29 is 0 Å². The number of aromatic nitrogens is 2. The second kappa shape index (κ2) is 4.82. The van der Waals surface area contributed by atoms with Gasteiger partial charge in [-0.2, -0.15) is 12.6 Å². The van der Waals surface area contributed by atoms with Gasteiger partial charge in [0.2, 0.25) is 0 Å². The number of thiol groups is 1. The Kier molecular flexibility index (Phi) is 4.11. The fraction of sp³-hybridized carbons (Fsp3) is 0.769. The molecule has 0 N–H and O–H groups in total. The van der Waals surface area contributed by atoms with Crippen LogP contribution in [-0.4, -0.2) is 15.3 Å². The zero-order valence-electron chi connectivity index (χ0n) is 11.1. The van der Waals surface area contributed by atoms with Gasteiger partial charge in [0.25, 0.3) is 0 Å². The largest absolute Gasteiger partial charge is 0.337 e. The van der Waals surface area contributed by atoms with Gasteiger partial charge in [-0.15, -0.1) is 0 Å². The lowest BCUT2D eigenvalue weighted by atomic mass is 9.91. The third-order valence-corrected chi connectivity index (χ3v) is 3.29. The topological polar surface area (TPSA) is 17.8 Å². The van der Waals surface area contributed by atoms with E-state index in [1.165, 1.54) is 5.69 Å². The molecule has 1 aromatic rings. The van der Waals surface area contributed by atoms with Gasteiger partial charge < -0.3 is 4.57 Å². The van der Waals surface area contributed by atoms with Crippen molar-refractivity contribution in [3.63, 3.8) is 0 Å². The second-order valence-electron chi connectivity index (χ2n) is 6.60. The summed E-state index contributed by atoms with van der Waals surface area (Å²) in [6.45, 7) is 12.2. The highest BCUT2D eigenvalue weighted by Gasteiger charge is 2.18. The number of nitrogens with zero attached hydrogens (tertiary/aromatic N) is 2. The Morgan fingerprint density at radius 2 is 1.88 bits per heavy atom. The van der Waals surface area contributed by atoms with Crippen molar-refractivity contribution in [3.05, 3.63) is 18.2 Å². The third-order valence-electron chi connectivity index (χ3n) is 2.44. The maximum Gasteiger partial charge on any atom is 0.0949 e. The van der Waals surface area contributed by atoms with Crippen LogP contribution in [0.25, 0.3) is 0 Å². The van der Waals surface area contributed by atoms with Crippen LogP contribution in [0.3, 0.4) is 0 Å². The lowest BCUT2D eigenvalue weighted by Crippen LogP contribution is -2.20. The summed E-state index contributed by atoms with van der Waals surface area (Å²) < 4.78 is 2.18. The normalized spacial score (nSPS) is 13.1. The maximum atomic E-state index is 4.46. The molecule has 0 radical (unpaired) electrons. The van der Waals surface area contributed by atoms with E-state index in [0.717, 1.165) is 18.7 Å². The minimum absolute atomic E-state index is 0.225. The Bertz CT molecular complexity index is 334. The SMILES string of the molecule is CC(C)(C)Cc1cn(CC(C)(C)CS)cn1. The van der Waals surface area contributed by atoms with E-state index in [2.05, 4.69) is 63.0 Å². The second-order valence-corrected chi connectivity index (χ2v) is 6.91. The summed E-state index contributed by atoms with van der Waals surface area (Å²) in [6, 6.07) is 0. The van der Waals surface area contributed by atoms with E-state index in [9.17, 15) is 0 Å². The zero-order chi connectivity index (χ0) is 12.4. The average molecular weight is 240 g/mol. The molecule has 0 aliphatic carbocycles. The summed E-state index contributed by atoms with van der Waals surface area (Å²) >= 11 is 4.37. The van der Waals surface area contributed by atoms with Crippen LogP contribution in [0.5, 0.6) is 0 Å². The van der Waals surface area contributed by atoms with Crippen LogP contribution >= 0.6 is 12.6 Å². The van der Waals surface area contributed by atoms with Crippen LogP contribution in [0.1, 0.15) is 40.3 Å². The highest BCUT2D eigenvalue weighted by molar-refractivity contribution is 7.80. The zero-order valence-corrected chi connectivity index (χ0v) is 12.0. The third kappa shape index (κ3) is 4.60. The molecule has 0 saturated carbocycles. The molecular formula is C13H24N2S. The molecule has 0 atom stereocenters. The molecule has 0 amide bonds. The van der Waals surface area contributed by atoms with E-state index in [-0.39, 0.29) is 5.41 Å². The van der Waals surface area contributed by atoms with Gasteiger partial charge in [-0.05, 0) is 23.0 Å². The molecule has 1 aromatic heterocycles. The Hall–Kier alpha value is -0.440. The smallest absolute Gasteiger partial charge is 0.0949 e. The Morgan fingerprint density at radius 3 is 2.38 bits per heavy atom.